The van der Waals surface area contributed by atoms with E-state index < -0.39 is 0 Å². The van der Waals surface area contributed by atoms with E-state index in [0.29, 0.717) is 42.0 Å². The second-order valence-electron chi connectivity index (χ2n) is 5.47. The first-order valence-corrected chi connectivity index (χ1v) is 7.63. The average molecular weight is 279 g/mol. The number of Topliss-reactive ketones (excluding diaryl/α,β-unsaturated/α-hetero) is 1. The molecule has 2 aliphatic rings. The van der Waals surface area contributed by atoms with Gasteiger partial charge in [0, 0.05) is 36.7 Å². The highest BCUT2D eigenvalue weighted by Crippen LogP contribution is 2.39. The Morgan fingerprint density at radius 3 is 2.68 bits per heavy atom. The third-order valence-electron chi connectivity index (χ3n) is 3.77. The molecule has 0 radical (unpaired) electrons. The van der Waals surface area contributed by atoms with Crippen molar-refractivity contribution in [1.82, 2.24) is 9.36 Å². The number of nitrogens with one attached hydrogen (secondary N) is 1. The van der Waals surface area contributed by atoms with E-state index in [1.807, 2.05) is 0 Å². The highest BCUT2D eigenvalue weighted by molar-refractivity contribution is 7.09. The molecular formula is C13H17N3O2S. The molecule has 0 atom stereocenters. The Morgan fingerprint density at radius 2 is 2.00 bits per heavy atom. The van der Waals surface area contributed by atoms with Crippen molar-refractivity contribution in [2.45, 2.75) is 50.9 Å². The van der Waals surface area contributed by atoms with Crippen LogP contribution in [0.5, 0.6) is 0 Å². The molecule has 1 N–H and O–H groups in total. The molecule has 2 saturated carbocycles. The molecule has 0 saturated heterocycles. The van der Waals surface area contributed by atoms with Crippen molar-refractivity contribution in [3.05, 3.63) is 5.82 Å². The van der Waals surface area contributed by atoms with Crippen molar-refractivity contribution in [3.63, 3.8) is 0 Å². The van der Waals surface area contributed by atoms with Crippen LogP contribution in [0.4, 0.5) is 5.13 Å². The molecule has 102 valence electrons. The van der Waals surface area contributed by atoms with Crippen molar-refractivity contribution in [3.8, 4) is 0 Å². The molecular weight excluding hydrogens is 262 g/mol. The number of ketones is 1. The van der Waals surface area contributed by atoms with Gasteiger partial charge in [0.1, 0.15) is 11.6 Å². The standard InChI is InChI=1S/C13H17N3O2S/c17-10-5-1-8(2-6-10)7-11(18)14-13-15-12(16-19-13)9-3-4-9/h8-9H,1-7H2,(H,14,15,16,18). The van der Waals surface area contributed by atoms with Crippen LogP contribution < -0.4 is 5.32 Å². The van der Waals surface area contributed by atoms with Gasteiger partial charge in [-0.05, 0) is 31.6 Å². The van der Waals surface area contributed by atoms with Gasteiger partial charge in [0.25, 0.3) is 0 Å². The van der Waals surface area contributed by atoms with Gasteiger partial charge in [-0.1, -0.05) is 0 Å². The second-order valence-corrected chi connectivity index (χ2v) is 6.22. The van der Waals surface area contributed by atoms with Gasteiger partial charge in [-0.15, -0.1) is 0 Å². The second kappa shape index (κ2) is 5.36. The molecule has 2 fully saturated rings. The summed E-state index contributed by atoms with van der Waals surface area (Å²) in [4.78, 5) is 27.4. The zero-order valence-electron chi connectivity index (χ0n) is 10.7. The van der Waals surface area contributed by atoms with Crippen molar-refractivity contribution >= 4 is 28.4 Å². The minimum atomic E-state index is -0.00199. The Labute approximate surface area is 116 Å². The Kier molecular flexibility index (Phi) is 3.59. The molecule has 2 aliphatic carbocycles. The summed E-state index contributed by atoms with van der Waals surface area (Å²) >= 11 is 1.26. The lowest BCUT2D eigenvalue weighted by Gasteiger charge is -2.19. The van der Waals surface area contributed by atoms with Crippen LogP contribution in [-0.4, -0.2) is 21.0 Å². The average Bonchev–Trinajstić information content (AvgIpc) is 3.14. The number of nitrogens with zero attached hydrogens (tertiary/aromatic N) is 2. The van der Waals surface area contributed by atoms with Crippen LogP contribution in [0.2, 0.25) is 0 Å². The van der Waals surface area contributed by atoms with Crippen LogP contribution in [0.3, 0.4) is 0 Å². The van der Waals surface area contributed by atoms with E-state index in [4.69, 9.17) is 0 Å². The van der Waals surface area contributed by atoms with E-state index in [1.54, 1.807) is 0 Å². The SMILES string of the molecule is O=C1CCC(CC(=O)Nc2nc(C3CC3)ns2)CC1. The number of carbonyl (C=O) groups excluding carboxylic acids is 2. The number of hydrogen-bond acceptors (Lipinski definition) is 5. The molecule has 0 bridgehead atoms. The van der Waals surface area contributed by atoms with Gasteiger partial charge in [-0.25, -0.2) is 4.98 Å². The highest BCUT2D eigenvalue weighted by atomic mass is 32.1. The summed E-state index contributed by atoms with van der Waals surface area (Å²) in [7, 11) is 0. The lowest BCUT2D eigenvalue weighted by atomic mass is 9.86. The summed E-state index contributed by atoms with van der Waals surface area (Å²) in [5, 5.41) is 3.43. The largest absolute Gasteiger partial charge is 0.301 e. The monoisotopic (exact) mass is 279 g/mol. The van der Waals surface area contributed by atoms with Crippen molar-refractivity contribution in [1.29, 1.82) is 0 Å². The topological polar surface area (TPSA) is 72.0 Å². The van der Waals surface area contributed by atoms with Crippen LogP contribution in [0, 0.1) is 5.92 Å². The molecule has 0 aliphatic heterocycles. The van der Waals surface area contributed by atoms with E-state index in [0.717, 1.165) is 18.7 Å². The number of amides is 1. The van der Waals surface area contributed by atoms with E-state index >= 15 is 0 Å². The first kappa shape index (κ1) is 12.7. The fourth-order valence-electron chi connectivity index (χ4n) is 2.43. The summed E-state index contributed by atoms with van der Waals surface area (Å²) in [6.07, 6.45) is 5.77. The first-order chi connectivity index (χ1) is 9.20. The Hall–Kier alpha value is -1.30. The van der Waals surface area contributed by atoms with Crippen molar-refractivity contribution in [2.24, 2.45) is 5.92 Å². The van der Waals surface area contributed by atoms with Crippen LogP contribution in [0.25, 0.3) is 0 Å². The van der Waals surface area contributed by atoms with E-state index in [9.17, 15) is 9.59 Å². The first-order valence-electron chi connectivity index (χ1n) is 6.86. The molecule has 0 aromatic carbocycles. The summed E-state index contributed by atoms with van der Waals surface area (Å²) in [6, 6.07) is 0. The van der Waals surface area contributed by atoms with Crippen LogP contribution in [0.1, 0.15) is 56.7 Å². The van der Waals surface area contributed by atoms with E-state index in [2.05, 4.69) is 14.7 Å². The number of anilines is 1. The fraction of sp³-hybridized carbons (Fsp3) is 0.692. The van der Waals surface area contributed by atoms with Crippen LogP contribution in [-0.2, 0) is 9.59 Å². The third kappa shape index (κ3) is 3.37. The third-order valence-corrected chi connectivity index (χ3v) is 4.41. The van der Waals surface area contributed by atoms with Gasteiger partial charge in [0.15, 0.2) is 0 Å². The minimum absolute atomic E-state index is 0.00199. The van der Waals surface area contributed by atoms with Gasteiger partial charge >= 0.3 is 0 Å². The smallest absolute Gasteiger partial charge is 0.226 e. The molecule has 0 spiro atoms. The number of carbonyl (C=O) groups is 2. The molecule has 19 heavy (non-hydrogen) atoms. The molecule has 1 amide bonds. The fourth-order valence-corrected chi connectivity index (χ4v) is 3.09. The maximum Gasteiger partial charge on any atom is 0.226 e. The van der Waals surface area contributed by atoms with Crippen LogP contribution >= 0.6 is 11.5 Å². The number of rotatable bonds is 4. The van der Waals surface area contributed by atoms with Gasteiger partial charge in [-0.2, -0.15) is 4.37 Å². The maximum atomic E-state index is 11.9. The lowest BCUT2D eigenvalue weighted by molar-refractivity contribution is -0.123. The molecule has 0 unspecified atom stereocenters. The Balaban J connectivity index is 1.48. The lowest BCUT2D eigenvalue weighted by Crippen LogP contribution is -2.20. The van der Waals surface area contributed by atoms with Gasteiger partial charge < -0.3 is 5.32 Å². The van der Waals surface area contributed by atoms with Crippen molar-refractivity contribution < 1.29 is 9.59 Å². The quantitative estimate of drug-likeness (QED) is 0.919. The Bertz CT molecular complexity index is 486. The molecule has 6 heteroatoms. The summed E-state index contributed by atoms with van der Waals surface area (Å²) in [5.74, 6) is 2.07. The number of aromatic nitrogens is 2. The van der Waals surface area contributed by atoms with Gasteiger partial charge in [-0.3, -0.25) is 9.59 Å². The maximum absolute atomic E-state index is 11.9. The molecule has 3 rings (SSSR count). The van der Waals surface area contributed by atoms with Crippen molar-refractivity contribution in [2.75, 3.05) is 5.32 Å². The highest BCUT2D eigenvalue weighted by Gasteiger charge is 2.28. The van der Waals surface area contributed by atoms with Gasteiger partial charge in [0.2, 0.25) is 11.0 Å². The Morgan fingerprint density at radius 1 is 1.26 bits per heavy atom. The van der Waals surface area contributed by atoms with E-state index in [-0.39, 0.29) is 5.91 Å². The van der Waals surface area contributed by atoms with Crippen LogP contribution in [0.15, 0.2) is 0 Å². The summed E-state index contributed by atoms with van der Waals surface area (Å²) in [6.45, 7) is 0. The predicted octanol–water partition coefficient (Wildman–Crippen LogP) is 2.50. The zero-order chi connectivity index (χ0) is 13.2. The normalized spacial score (nSPS) is 20.5. The molecule has 1 heterocycles. The number of hydrogen-bond donors (Lipinski definition) is 1. The summed E-state index contributed by atoms with van der Waals surface area (Å²) < 4.78 is 4.26. The predicted molar refractivity (Wildman–Crippen MR) is 72.1 cm³/mol. The van der Waals surface area contributed by atoms with Gasteiger partial charge in [0.05, 0.1) is 0 Å². The molecule has 1 aromatic rings. The zero-order valence-corrected chi connectivity index (χ0v) is 11.5. The minimum Gasteiger partial charge on any atom is -0.301 e. The van der Waals surface area contributed by atoms with E-state index in [1.165, 1.54) is 24.4 Å². The molecule has 1 aromatic heterocycles. The molecule has 5 nitrogen and oxygen atoms in total. The summed E-state index contributed by atoms with van der Waals surface area (Å²) in [5.41, 5.74) is 0.